The van der Waals surface area contributed by atoms with Crippen LogP contribution in [0.1, 0.15) is 39.1 Å². The number of Topliss-reactive ketones (excluding diaryl/α,β-unsaturated/α-hetero) is 1. The van der Waals surface area contributed by atoms with Gasteiger partial charge in [0.05, 0.1) is 12.5 Å². The number of nitrogens with two attached hydrogens (primary N) is 1. The van der Waals surface area contributed by atoms with Crippen LogP contribution in [-0.2, 0) is 0 Å². The predicted molar refractivity (Wildman–Crippen MR) is 67.1 cm³/mol. The molecule has 6 nitrogen and oxygen atoms in total. The highest BCUT2D eigenvalue weighted by Crippen LogP contribution is 2.24. The van der Waals surface area contributed by atoms with Gasteiger partial charge in [0.25, 0.3) is 0 Å². The van der Waals surface area contributed by atoms with E-state index in [4.69, 9.17) is 15.3 Å². The van der Waals surface area contributed by atoms with Crippen molar-refractivity contribution in [1.82, 2.24) is 4.98 Å². The number of carboxylic acids is 1. The largest absolute Gasteiger partial charge is 0.478 e. The normalized spacial score (nSPS) is 12.1. The molecule has 3 N–H and O–H groups in total. The molecule has 98 valence electrons. The first-order valence-electron chi connectivity index (χ1n) is 5.56. The van der Waals surface area contributed by atoms with Crippen LogP contribution in [0.2, 0.25) is 0 Å². The number of carbonyl (C=O) groups is 2. The molecule has 1 atom stereocenters. The second-order valence-electron chi connectivity index (χ2n) is 4.07. The topological polar surface area (TPSA) is 106 Å². The van der Waals surface area contributed by atoms with Crippen molar-refractivity contribution >= 4 is 17.6 Å². The molecule has 0 spiro atoms. The van der Waals surface area contributed by atoms with E-state index in [1.807, 2.05) is 0 Å². The minimum atomic E-state index is -1.27. The highest BCUT2D eigenvalue weighted by Gasteiger charge is 2.25. The van der Waals surface area contributed by atoms with Crippen LogP contribution >= 0.6 is 0 Å². The van der Waals surface area contributed by atoms with Gasteiger partial charge in [-0.2, -0.15) is 0 Å². The summed E-state index contributed by atoms with van der Waals surface area (Å²) >= 11 is 0. The average molecular weight is 260 g/mol. The van der Waals surface area contributed by atoms with Crippen LogP contribution in [-0.4, -0.2) is 21.8 Å². The Bertz CT molecular complexity index is 620. The Morgan fingerprint density at radius 1 is 1.42 bits per heavy atom. The molecule has 0 aliphatic rings. The van der Waals surface area contributed by atoms with Gasteiger partial charge in [0.1, 0.15) is 11.4 Å². The maximum atomic E-state index is 12.3. The third-order valence-electron chi connectivity index (χ3n) is 2.90. The zero-order valence-corrected chi connectivity index (χ0v) is 10.2. The number of carbonyl (C=O) groups excluding carboxylic acids is 1. The molecule has 0 amide bonds. The molecule has 2 aromatic heterocycles. The standard InChI is InChI=1S/C13H12N2O4/c1-7(8-3-5-19-6-8)11(16)9-2-4-15-12(14)10(9)13(17)18/h2-7H,1H3,(H2,14,15)(H,17,18). The van der Waals surface area contributed by atoms with E-state index >= 15 is 0 Å². The summed E-state index contributed by atoms with van der Waals surface area (Å²) in [6, 6.07) is 3.02. The number of aromatic carboxylic acids is 1. The highest BCUT2D eigenvalue weighted by molar-refractivity contribution is 6.10. The molecule has 6 heteroatoms. The van der Waals surface area contributed by atoms with E-state index in [0.29, 0.717) is 5.56 Å². The smallest absolute Gasteiger partial charge is 0.340 e. The number of hydrogen-bond acceptors (Lipinski definition) is 5. The van der Waals surface area contributed by atoms with Gasteiger partial charge in [-0.15, -0.1) is 0 Å². The second kappa shape index (κ2) is 4.93. The van der Waals surface area contributed by atoms with Gasteiger partial charge in [-0.3, -0.25) is 4.79 Å². The number of furan rings is 1. The molecule has 0 saturated carbocycles. The molecule has 0 aromatic carbocycles. The van der Waals surface area contributed by atoms with Crippen molar-refractivity contribution in [1.29, 1.82) is 0 Å². The molecule has 0 bridgehead atoms. The van der Waals surface area contributed by atoms with Gasteiger partial charge in [-0.05, 0) is 12.1 Å². The number of ketones is 1. The number of anilines is 1. The number of hydrogen-bond donors (Lipinski definition) is 2. The first-order valence-corrected chi connectivity index (χ1v) is 5.56. The van der Waals surface area contributed by atoms with Gasteiger partial charge in [0, 0.05) is 23.2 Å². The van der Waals surface area contributed by atoms with Crippen LogP contribution in [0.15, 0.2) is 35.3 Å². The maximum Gasteiger partial charge on any atom is 0.340 e. The molecule has 0 saturated heterocycles. The maximum absolute atomic E-state index is 12.3. The number of carboxylic acid groups (broad SMARTS) is 1. The van der Waals surface area contributed by atoms with E-state index in [2.05, 4.69) is 4.98 Å². The Hall–Kier alpha value is -2.63. The molecule has 1 unspecified atom stereocenters. The Morgan fingerprint density at radius 2 is 2.16 bits per heavy atom. The average Bonchev–Trinajstić information content (AvgIpc) is 2.90. The molecule has 2 heterocycles. The number of nitrogens with zero attached hydrogens (tertiary/aromatic N) is 1. The quantitative estimate of drug-likeness (QED) is 0.813. The van der Waals surface area contributed by atoms with Crippen molar-refractivity contribution in [2.24, 2.45) is 0 Å². The van der Waals surface area contributed by atoms with Gasteiger partial charge < -0.3 is 15.3 Å². The van der Waals surface area contributed by atoms with Crippen LogP contribution in [0.5, 0.6) is 0 Å². The minimum Gasteiger partial charge on any atom is -0.478 e. The van der Waals surface area contributed by atoms with E-state index in [-0.39, 0.29) is 22.7 Å². The SMILES string of the molecule is CC(C(=O)c1ccnc(N)c1C(=O)O)c1ccoc1. The van der Waals surface area contributed by atoms with Crippen LogP contribution in [0.3, 0.4) is 0 Å². The van der Waals surface area contributed by atoms with Crippen molar-refractivity contribution in [3.05, 3.63) is 47.5 Å². The fraction of sp³-hybridized carbons (Fsp3) is 0.154. The van der Waals surface area contributed by atoms with E-state index in [1.165, 1.54) is 24.8 Å². The summed E-state index contributed by atoms with van der Waals surface area (Å²) in [5.74, 6) is -2.29. The molecule has 0 aliphatic heterocycles. The first kappa shape index (κ1) is 12.8. The van der Waals surface area contributed by atoms with Gasteiger partial charge in [0.2, 0.25) is 0 Å². The second-order valence-corrected chi connectivity index (χ2v) is 4.07. The third-order valence-corrected chi connectivity index (χ3v) is 2.90. The van der Waals surface area contributed by atoms with Crippen LogP contribution in [0.4, 0.5) is 5.82 Å². The summed E-state index contributed by atoms with van der Waals surface area (Å²) in [6.07, 6.45) is 4.22. The van der Waals surface area contributed by atoms with E-state index in [1.54, 1.807) is 13.0 Å². The Labute approximate surface area is 108 Å². The fourth-order valence-corrected chi connectivity index (χ4v) is 1.81. The van der Waals surface area contributed by atoms with E-state index < -0.39 is 11.9 Å². The molecule has 0 fully saturated rings. The zero-order chi connectivity index (χ0) is 14.0. The minimum absolute atomic E-state index is 0.0497. The molecular weight excluding hydrogens is 248 g/mol. The van der Waals surface area contributed by atoms with Crippen molar-refractivity contribution < 1.29 is 19.1 Å². The molecule has 2 rings (SSSR count). The van der Waals surface area contributed by atoms with Crippen molar-refractivity contribution in [3.63, 3.8) is 0 Å². The molecule has 0 aliphatic carbocycles. The first-order chi connectivity index (χ1) is 9.02. The fourth-order valence-electron chi connectivity index (χ4n) is 1.81. The molecule has 2 aromatic rings. The van der Waals surface area contributed by atoms with Gasteiger partial charge >= 0.3 is 5.97 Å². The summed E-state index contributed by atoms with van der Waals surface area (Å²) in [5, 5.41) is 9.12. The lowest BCUT2D eigenvalue weighted by atomic mass is 9.92. The summed E-state index contributed by atoms with van der Waals surface area (Å²) < 4.78 is 4.92. The summed E-state index contributed by atoms with van der Waals surface area (Å²) in [7, 11) is 0. The van der Waals surface area contributed by atoms with Crippen molar-refractivity contribution in [2.45, 2.75) is 12.8 Å². The van der Waals surface area contributed by atoms with Crippen molar-refractivity contribution in [3.8, 4) is 0 Å². The molecular formula is C13H12N2O4. The van der Waals surface area contributed by atoms with Gasteiger partial charge in [-0.25, -0.2) is 9.78 Å². The van der Waals surface area contributed by atoms with Gasteiger partial charge in [0.15, 0.2) is 5.78 Å². The predicted octanol–water partition coefficient (Wildman–Crippen LogP) is 1.94. The lowest BCUT2D eigenvalue weighted by Gasteiger charge is -2.11. The van der Waals surface area contributed by atoms with Crippen LogP contribution < -0.4 is 5.73 Å². The number of aromatic nitrogens is 1. The monoisotopic (exact) mass is 260 g/mol. The molecule has 0 radical (unpaired) electrons. The van der Waals surface area contributed by atoms with E-state index in [9.17, 15) is 9.59 Å². The Kier molecular flexibility index (Phi) is 3.33. The van der Waals surface area contributed by atoms with Crippen LogP contribution in [0.25, 0.3) is 0 Å². The number of rotatable bonds is 4. The summed E-state index contributed by atoms with van der Waals surface area (Å²) in [4.78, 5) is 27.2. The number of nitrogen functional groups attached to an aromatic ring is 1. The Balaban J connectivity index is 2.45. The van der Waals surface area contributed by atoms with Crippen LogP contribution in [0, 0.1) is 0 Å². The lowest BCUT2D eigenvalue weighted by Crippen LogP contribution is -2.16. The number of pyridine rings is 1. The summed E-state index contributed by atoms with van der Waals surface area (Å²) in [6.45, 7) is 1.68. The van der Waals surface area contributed by atoms with E-state index in [0.717, 1.165) is 0 Å². The van der Waals surface area contributed by atoms with Gasteiger partial charge in [-0.1, -0.05) is 6.92 Å². The Morgan fingerprint density at radius 3 is 2.74 bits per heavy atom. The lowest BCUT2D eigenvalue weighted by molar-refractivity contribution is 0.0692. The highest BCUT2D eigenvalue weighted by atomic mass is 16.4. The zero-order valence-electron chi connectivity index (χ0n) is 10.2. The molecule has 19 heavy (non-hydrogen) atoms. The van der Waals surface area contributed by atoms with Crippen molar-refractivity contribution in [2.75, 3.05) is 5.73 Å². The summed E-state index contributed by atoms with van der Waals surface area (Å²) in [5.41, 5.74) is 5.98. The third kappa shape index (κ3) is 2.33.